The van der Waals surface area contributed by atoms with Crippen molar-refractivity contribution in [2.45, 2.75) is 79.4 Å². The van der Waals surface area contributed by atoms with Crippen LogP contribution in [0.1, 0.15) is 61.3 Å². The van der Waals surface area contributed by atoms with Crippen molar-refractivity contribution in [3.63, 3.8) is 0 Å². The molecule has 0 radical (unpaired) electrons. The van der Waals surface area contributed by atoms with Crippen molar-refractivity contribution in [2.75, 3.05) is 6.54 Å². The van der Waals surface area contributed by atoms with Crippen LogP contribution >= 0.6 is 0 Å². The van der Waals surface area contributed by atoms with E-state index in [1.54, 1.807) is 0 Å². The summed E-state index contributed by atoms with van der Waals surface area (Å²) in [6.45, 7) is 15.8. The monoisotopic (exact) mass is 270 g/mol. The summed E-state index contributed by atoms with van der Waals surface area (Å²) in [5.41, 5.74) is 0. The van der Waals surface area contributed by atoms with E-state index in [4.69, 9.17) is 0 Å². The van der Waals surface area contributed by atoms with Gasteiger partial charge in [0.2, 0.25) is 0 Å². The third-order valence-corrected chi connectivity index (χ3v) is 3.27. The van der Waals surface area contributed by atoms with Crippen LogP contribution in [0.3, 0.4) is 0 Å². The van der Waals surface area contributed by atoms with E-state index in [1.165, 1.54) is 0 Å². The fourth-order valence-corrected chi connectivity index (χ4v) is 2.21. The van der Waals surface area contributed by atoms with Gasteiger partial charge in [0.25, 0.3) is 0 Å². The lowest BCUT2D eigenvalue weighted by molar-refractivity contribution is -0.124. The molecule has 0 heterocycles. The Morgan fingerprint density at radius 1 is 0.947 bits per heavy atom. The zero-order valence-electron chi connectivity index (χ0n) is 13.9. The Morgan fingerprint density at radius 3 is 1.95 bits per heavy atom. The number of Topliss-reactive ketones (excluding diaryl/α,β-unsaturated/α-hetero) is 1. The lowest BCUT2D eigenvalue weighted by Crippen LogP contribution is -2.44. The first kappa shape index (κ1) is 18.6. The van der Waals surface area contributed by atoms with E-state index in [2.05, 4.69) is 45.3 Å². The van der Waals surface area contributed by atoms with Crippen molar-refractivity contribution in [1.29, 1.82) is 0 Å². The summed E-state index contributed by atoms with van der Waals surface area (Å²) in [7, 11) is 0. The van der Waals surface area contributed by atoms with Crippen molar-refractivity contribution in [3.05, 3.63) is 0 Å². The van der Waals surface area contributed by atoms with Crippen LogP contribution in [0.2, 0.25) is 0 Å². The SMILES string of the molecule is CC(CCNC(C)C)CC(NC(C)C)C(=O)C(C)C. The topological polar surface area (TPSA) is 41.1 Å². The second-order valence-electron chi connectivity index (χ2n) is 6.67. The number of nitrogens with one attached hydrogen (secondary N) is 2. The average molecular weight is 270 g/mol. The molecule has 0 aliphatic carbocycles. The van der Waals surface area contributed by atoms with Crippen LogP contribution in [0, 0.1) is 11.8 Å². The molecule has 0 saturated carbocycles. The molecule has 0 bridgehead atoms. The van der Waals surface area contributed by atoms with Gasteiger partial charge in [-0.1, -0.05) is 48.5 Å². The van der Waals surface area contributed by atoms with E-state index in [0.29, 0.717) is 23.8 Å². The predicted molar refractivity (Wildman–Crippen MR) is 83.4 cm³/mol. The molecule has 0 aliphatic heterocycles. The third-order valence-electron chi connectivity index (χ3n) is 3.27. The number of ketones is 1. The smallest absolute Gasteiger partial charge is 0.152 e. The Hall–Kier alpha value is -0.410. The van der Waals surface area contributed by atoms with Crippen LogP contribution < -0.4 is 10.6 Å². The molecule has 0 aromatic rings. The van der Waals surface area contributed by atoms with Crippen molar-refractivity contribution in [1.82, 2.24) is 10.6 Å². The summed E-state index contributed by atoms with van der Waals surface area (Å²) < 4.78 is 0. The van der Waals surface area contributed by atoms with E-state index < -0.39 is 0 Å². The molecule has 3 heteroatoms. The molecule has 0 aliphatic rings. The Balaban J connectivity index is 4.26. The van der Waals surface area contributed by atoms with Gasteiger partial charge >= 0.3 is 0 Å². The first-order valence-corrected chi connectivity index (χ1v) is 7.77. The molecule has 2 atom stereocenters. The number of carbonyl (C=O) groups is 1. The molecule has 0 rings (SSSR count). The zero-order valence-corrected chi connectivity index (χ0v) is 13.9. The lowest BCUT2D eigenvalue weighted by Gasteiger charge is -2.25. The summed E-state index contributed by atoms with van der Waals surface area (Å²) in [6, 6.07) is 0.900. The number of hydrogen-bond donors (Lipinski definition) is 2. The predicted octanol–water partition coefficient (Wildman–Crippen LogP) is 2.99. The maximum absolute atomic E-state index is 12.2. The second kappa shape index (κ2) is 9.49. The number of hydrogen-bond acceptors (Lipinski definition) is 3. The van der Waals surface area contributed by atoms with Gasteiger partial charge in [0.05, 0.1) is 6.04 Å². The Kier molecular flexibility index (Phi) is 9.28. The summed E-state index contributed by atoms with van der Waals surface area (Å²) in [6.07, 6.45) is 2.06. The minimum Gasteiger partial charge on any atom is -0.315 e. The van der Waals surface area contributed by atoms with Crippen LogP contribution in [0.15, 0.2) is 0 Å². The molecule has 0 spiro atoms. The standard InChI is InChI=1S/C16H34N2O/c1-11(2)16(19)15(18-13(5)6)10-14(7)8-9-17-12(3)4/h11-15,17-18H,8-10H2,1-7H3. The molecule has 2 N–H and O–H groups in total. The summed E-state index contributed by atoms with van der Waals surface area (Å²) >= 11 is 0. The van der Waals surface area contributed by atoms with Crippen LogP contribution in [0.5, 0.6) is 0 Å². The maximum Gasteiger partial charge on any atom is 0.152 e. The molecule has 0 aromatic carbocycles. The molecule has 2 unspecified atom stereocenters. The van der Waals surface area contributed by atoms with Crippen LogP contribution in [-0.4, -0.2) is 30.5 Å². The van der Waals surface area contributed by atoms with Gasteiger partial charge in [-0.2, -0.15) is 0 Å². The first-order chi connectivity index (χ1) is 8.73. The van der Waals surface area contributed by atoms with Gasteiger partial charge < -0.3 is 10.6 Å². The van der Waals surface area contributed by atoms with E-state index in [-0.39, 0.29) is 12.0 Å². The van der Waals surface area contributed by atoms with E-state index in [9.17, 15) is 4.79 Å². The highest BCUT2D eigenvalue weighted by Gasteiger charge is 2.23. The molecule has 19 heavy (non-hydrogen) atoms. The van der Waals surface area contributed by atoms with Gasteiger partial charge in [-0.25, -0.2) is 0 Å². The fraction of sp³-hybridized carbons (Fsp3) is 0.938. The van der Waals surface area contributed by atoms with Crippen LogP contribution in [-0.2, 0) is 4.79 Å². The molecule has 114 valence electrons. The fourth-order valence-electron chi connectivity index (χ4n) is 2.21. The number of carbonyl (C=O) groups excluding carboxylic acids is 1. The third kappa shape index (κ3) is 9.17. The van der Waals surface area contributed by atoms with Crippen molar-refractivity contribution in [2.24, 2.45) is 11.8 Å². The van der Waals surface area contributed by atoms with E-state index in [1.807, 2.05) is 13.8 Å². The molecule has 0 aromatic heterocycles. The van der Waals surface area contributed by atoms with Gasteiger partial charge in [-0.3, -0.25) is 4.79 Å². The maximum atomic E-state index is 12.2. The summed E-state index contributed by atoms with van der Waals surface area (Å²) in [5.74, 6) is 1.01. The second-order valence-corrected chi connectivity index (χ2v) is 6.67. The average Bonchev–Trinajstić information content (AvgIpc) is 2.25. The number of rotatable bonds is 10. The highest BCUT2D eigenvalue weighted by molar-refractivity contribution is 5.85. The van der Waals surface area contributed by atoms with Crippen molar-refractivity contribution in [3.8, 4) is 0 Å². The van der Waals surface area contributed by atoms with Crippen LogP contribution in [0.4, 0.5) is 0 Å². The quantitative estimate of drug-likeness (QED) is 0.641. The normalized spacial score (nSPS) is 15.3. The summed E-state index contributed by atoms with van der Waals surface area (Å²) in [5, 5.41) is 6.86. The molecule has 0 amide bonds. The summed E-state index contributed by atoms with van der Waals surface area (Å²) in [4.78, 5) is 12.2. The molecular formula is C16H34N2O. The molecular weight excluding hydrogens is 236 g/mol. The van der Waals surface area contributed by atoms with Crippen LogP contribution in [0.25, 0.3) is 0 Å². The molecule has 0 saturated heterocycles. The highest BCUT2D eigenvalue weighted by Crippen LogP contribution is 2.14. The van der Waals surface area contributed by atoms with Gasteiger partial charge in [0.1, 0.15) is 0 Å². The Morgan fingerprint density at radius 2 is 1.53 bits per heavy atom. The molecule has 3 nitrogen and oxygen atoms in total. The van der Waals surface area contributed by atoms with E-state index in [0.717, 1.165) is 19.4 Å². The van der Waals surface area contributed by atoms with Gasteiger partial charge in [0, 0.05) is 18.0 Å². The first-order valence-electron chi connectivity index (χ1n) is 7.77. The minimum absolute atomic E-state index is 0.00838. The molecule has 0 fully saturated rings. The minimum atomic E-state index is 0.00838. The van der Waals surface area contributed by atoms with Gasteiger partial charge in [-0.05, 0) is 25.3 Å². The highest BCUT2D eigenvalue weighted by atomic mass is 16.1. The largest absolute Gasteiger partial charge is 0.315 e. The Bertz CT molecular complexity index is 249. The van der Waals surface area contributed by atoms with Gasteiger partial charge in [0.15, 0.2) is 5.78 Å². The zero-order chi connectivity index (χ0) is 15.0. The van der Waals surface area contributed by atoms with Crippen molar-refractivity contribution >= 4 is 5.78 Å². The lowest BCUT2D eigenvalue weighted by atomic mass is 9.91. The Labute approximate surface area is 119 Å². The van der Waals surface area contributed by atoms with Gasteiger partial charge in [-0.15, -0.1) is 0 Å². The van der Waals surface area contributed by atoms with E-state index >= 15 is 0 Å². The van der Waals surface area contributed by atoms with Crippen molar-refractivity contribution < 1.29 is 4.79 Å².